The zero-order valence-electron chi connectivity index (χ0n) is 9.69. The second-order valence-corrected chi connectivity index (χ2v) is 4.31. The first-order chi connectivity index (χ1) is 7.65. The predicted molar refractivity (Wildman–Crippen MR) is 64.4 cm³/mol. The Bertz CT molecular complexity index is 512. The largest absolute Gasteiger partial charge is 0.394 e. The lowest BCUT2D eigenvalue weighted by atomic mass is 10.1. The number of benzene rings is 1. The summed E-state index contributed by atoms with van der Waals surface area (Å²) in [5.41, 5.74) is 2.84. The normalized spacial score (nSPS) is 9.88. The van der Waals surface area contributed by atoms with Gasteiger partial charge in [-0.05, 0) is 18.6 Å². The van der Waals surface area contributed by atoms with Crippen molar-refractivity contribution < 1.29 is 17.5 Å². The van der Waals surface area contributed by atoms with Crippen LogP contribution in [0.25, 0.3) is 4.98 Å². The Labute approximate surface area is 99.9 Å². The molecule has 1 rings (SSSR count). The molecule has 94 valence electrons. The molecule has 7 nitrogen and oxygen atoms in total. The minimum atomic E-state index is -4.67. The molecule has 0 unspecified atom stereocenters. The van der Waals surface area contributed by atoms with E-state index in [9.17, 15) is 0 Å². The van der Waals surface area contributed by atoms with E-state index in [1.165, 1.54) is 0 Å². The van der Waals surface area contributed by atoms with Gasteiger partial charge in [-0.25, -0.2) is 0 Å². The second kappa shape index (κ2) is 6.15. The summed E-state index contributed by atoms with van der Waals surface area (Å²) < 4.78 is 31.6. The first-order valence-electron chi connectivity index (χ1n) is 4.48. The lowest BCUT2D eigenvalue weighted by molar-refractivity contribution is 0.381. The molecule has 1 aromatic carbocycles. The molecular weight excluding hydrogens is 246 g/mol. The minimum Gasteiger partial charge on any atom is -0.377 e. The molecule has 0 atom stereocenters. The second-order valence-electron chi connectivity index (χ2n) is 3.41. The summed E-state index contributed by atoms with van der Waals surface area (Å²) in [6.45, 7) is 1.99. The Balaban J connectivity index is 0.000000437. The lowest BCUT2D eigenvalue weighted by Gasteiger charge is -2.13. The molecule has 0 saturated heterocycles. The number of hydrogen-bond acceptors (Lipinski definition) is 4. The van der Waals surface area contributed by atoms with Crippen LogP contribution in [0.2, 0.25) is 0 Å². The van der Waals surface area contributed by atoms with E-state index in [4.69, 9.17) is 22.9 Å². The van der Waals surface area contributed by atoms with Crippen LogP contribution in [0, 0.1) is 12.3 Å². The molecule has 0 aliphatic heterocycles. The molecule has 0 aromatic heterocycles. The molecule has 1 aromatic rings. The van der Waals surface area contributed by atoms with Crippen LogP contribution in [0.3, 0.4) is 0 Å². The number of diazo groups is 1. The Morgan fingerprint density at radius 2 is 1.76 bits per heavy atom. The third kappa shape index (κ3) is 7.24. The molecule has 2 N–H and O–H groups in total. The summed E-state index contributed by atoms with van der Waals surface area (Å²) in [6, 6.07) is 5.56. The van der Waals surface area contributed by atoms with Crippen molar-refractivity contribution in [1.29, 1.82) is 5.39 Å². The van der Waals surface area contributed by atoms with Crippen LogP contribution in [-0.4, -0.2) is 31.6 Å². The predicted octanol–water partition coefficient (Wildman–Crippen LogP) is 1.89. The third-order valence-electron chi connectivity index (χ3n) is 1.78. The number of anilines is 1. The van der Waals surface area contributed by atoms with Gasteiger partial charge in [0.2, 0.25) is 5.39 Å². The van der Waals surface area contributed by atoms with Crippen LogP contribution in [0.15, 0.2) is 18.2 Å². The van der Waals surface area contributed by atoms with Gasteiger partial charge < -0.3 is 4.90 Å². The maximum atomic E-state index is 8.74. The van der Waals surface area contributed by atoms with Gasteiger partial charge in [0.15, 0.2) is 4.98 Å². The average molecular weight is 260 g/mol. The standard InChI is InChI=1S/C9H12N3.H2O4S/c1-7-6-8(11-10)4-5-9(7)12(2)3;1-5(2,3)4/h4-6H,1-3H3;(H2,1,2,3,4)/q+1;. The summed E-state index contributed by atoms with van der Waals surface area (Å²) in [5, 5.41) is 8.50. The Kier molecular flexibility index (Phi) is 5.53. The van der Waals surface area contributed by atoms with Crippen molar-refractivity contribution in [2.75, 3.05) is 19.0 Å². The van der Waals surface area contributed by atoms with Gasteiger partial charge in [0.1, 0.15) is 0 Å². The zero-order valence-corrected chi connectivity index (χ0v) is 10.5. The van der Waals surface area contributed by atoms with Gasteiger partial charge in [-0.1, -0.05) is 0 Å². The first kappa shape index (κ1) is 15.3. The fraction of sp³-hybridized carbons (Fsp3) is 0.333. The summed E-state index contributed by atoms with van der Waals surface area (Å²) in [5.74, 6) is 0. The van der Waals surface area contributed by atoms with Crippen molar-refractivity contribution in [3.63, 3.8) is 0 Å². The van der Waals surface area contributed by atoms with Crippen LogP contribution < -0.4 is 4.90 Å². The van der Waals surface area contributed by atoms with E-state index in [0.29, 0.717) is 5.69 Å². The Morgan fingerprint density at radius 1 is 1.29 bits per heavy atom. The molecular formula is C9H14N3O4S+. The molecule has 0 amide bonds. The molecule has 0 heterocycles. The summed E-state index contributed by atoms with van der Waals surface area (Å²) in [6.07, 6.45) is 0. The van der Waals surface area contributed by atoms with E-state index in [-0.39, 0.29) is 0 Å². The van der Waals surface area contributed by atoms with Gasteiger partial charge in [0.05, 0.1) is 0 Å². The molecule has 0 aliphatic carbocycles. The molecule has 0 aliphatic rings. The minimum absolute atomic E-state index is 0.595. The fourth-order valence-electron chi connectivity index (χ4n) is 1.20. The fourth-order valence-corrected chi connectivity index (χ4v) is 1.20. The maximum Gasteiger partial charge on any atom is 0.394 e. The molecule has 0 saturated carbocycles. The van der Waals surface area contributed by atoms with Crippen molar-refractivity contribution in [1.82, 2.24) is 0 Å². The van der Waals surface area contributed by atoms with E-state index in [1.807, 2.05) is 38.1 Å². The molecule has 0 bridgehead atoms. The third-order valence-corrected chi connectivity index (χ3v) is 1.78. The number of rotatable bonds is 1. The van der Waals surface area contributed by atoms with Crippen molar-refractivity contribution in [3.05, 3.63) is 28.7 Å². The summed E-state index contributed by atoms with van der Waals surface area (Å²) in [4.78, 5) is 5.14. The number of nitrogens with zero attached hydrogens (tertiary/aromatic N) is 3. The highest BCUT2D eigenvalue weighted by Crippen LogP contribution is 2.23. The maximum absolute atomic E-state index is 8.74. The van der Waals surface area contributed by atoms with E-state index in [2.05, 4.69) is 4.98 Å². The topological polar surface area (TPSA) is 106 Å². The monoisotopic (exact) mass is 260 g/mol. The van der Waals surface area contributed by atoms with Crippen LogP contribution in [0.5, 0.6) is 0 Å². The highest BCUT2D eigenvalue weighted by molar-refractivity contribution is 7.79. The van der Waals surface area contributed by atoms with Gasteiger partial charge >= 0.3 is 16.1 Å². The van der Waals surface area contributed by atoms with Crippen molar-refractivity contribution in [3.8, 4) is 0 Å². The summed E-state index contributed by atoms with van der Waals surface area (Å²) >= 11 is 0. The van der Waals surface area contributed by atoms with Gasteiger partial charge in [0.25, 0.3) is 0 Å². The van der Waals surface area contributed by atoms with E-state index in [0.717, 1.165) is 11.3 Å². The SMILES string of the molecule is Cc1cc([N+]#N)ccc1N(C)C.O=S(=O)(O)O. The summed E-state index contributed by atoms with van der Waals surface area (Å²) in [7, 11) is -0.698. The highest BCUT2D eigenvalue weighted by atomic mass is 32.3. The highest BCUT2D eigenvalue weighted by Gasteiger charge is 2.07. The van der Waals surface area contributed by atoms with Crippen molar-refractivity contribution in [2.45, 2.75) is 6.92 Å². The van der Waals surface area contributed by atoms with Crippen LogP contribution in [0.4, 0.5) is 11.4 Å². The first-order valence-corrected chi connectivity index (χ1v) is 5.88. The van der Waals surface area contributed by atoms with Gasteiger partial charge in [-0.15, -0.1) is 0 Å². The molecule has 0 radical (unpaired) electrons. The van der Waals surface area contributed by atoms with Gasteiger partial charge in [0, 0.05) is 31.9 Å². The van der Waals surface area contributed by atoms with E-state index in [1.54, 1.807) is 6.07 Å². The number of hydrogen-bond donors (Lipinski definition) is 2. The van der Waals surface area contributed by atoms with Crippen LogP contribution in [0.1, 0.15) is 5.56 Å². The Morgan fingerprint density at radius 3 is 2.06 bits per heavy atom. The van der Waals surface area contributed by atoms with Gasteiger partial charge in [-0.3, -0.25) is 9.11 Å². The average Bonchev–Trinajstić information content (AvgIpc) is 2.14. The quantitative estimate of drug-likeness (QED) is 0.590. The van der Waals surface area contributed by atoms with E-state index >= 15 is 0 Å². The number of aryl methyl sites for hydroxylation is 1. The Hall–Kier alpha value is -1.69. The van der Waals surface area contributed by atoms with Crippen LogP contribution in [-0.2, 0) is 10.4 Å². The van der Waals surface area contributed by atoms with Crippen LogP contribution >= 0.6 is 0 Å². The zero-order chi connectivity index (χ0) is 13.6. The molecule has 17 heavy (non-hydrogen) atoms. The molecule has 8 heteroatoms. The van der Waals surface area contributed by atoms with E-state index < -0.39 is 10.4 Å². The smallest absolute Gasteiger partial charge is 0.377 e. The molecule has 0 spiro atoms. The molecule has 0 fully saturated rings. The van der Waals surface area contributed by atoms with Crippen molar-refractivity contribution >= 4 is 21.8 Å². The van der Waals surface area contributed by atoms with Crippen molar-refractivity contribution in [2.24, 2.45) is 0 Å². The van der Waals surface area contributed by atoms with Gasteiger partial charge in [-0.2, -0.15) is 8.42 Å². The lowest BCUT2D eigenvalue weighted by Crippen LogP contribution is -2.09.